The Hall–Kier alpha value is -4.27. The number of carbonyl (C=O) groups excluding carboxylic acids is 1. The quantitative estimate of drug-likeness (QED) is 0.297. The molecule has 168 valence electrons. The summed E-state index contributed by atoms with van der Waals surface area (Å²) in [6.07, 6.45) is -1.26. The highest BCUT2D eigenvalue weighted by Crippen LogP contribution is 2.30. The Morgan fingerprint density at radius 1 is 1.00 bits per heavy atom. The summed E-state index contributed by atoms with van der Waals surface area (Å²) in [5, 5.41) is 23.8. The van der Waals surface area contributed by atoms with Crippen molar-refractivity contribution in [3.05, 3.63) is 95.2 Å². The average Bonchev–Trinajstić information content (AvgIpc) is 3.10. The highest BCUT2D eigenvalue weighted by Gasteiger charge is 2.30. The average molecular weight is 453 g/mol. The van der Waals surface area contributed by atoms with Gasteiger partial charge < -0.3 is 14.8 Å². The summed E-state index contributed by atoms with van der Waals surface area (Å²) in [5.41, 5.74) is 3.57. The van der Waals surface area contributed by atoms with Crippen LogP contribution in [0.5, 0.6) is 11.5 Å². The monoisotopic (exact) mass is 453 g/mol. The standard InChI is InChI=1S/C24H18F3N3O3/c25-24(26,27)18-5-3-4-15(8-18)13-30-14-17(21-6-1-2-7-22(21)30)12-28-29-23(33)16-9-19(31)11-20(32)10-16/h1-12,14,31-32H,13H2,(H,29,33)/b28-12+. The second kappa shape index (κ2) is 8.70. The number of nitrogens with zero attached hydrogens (tertiary/aromatic N) is 2. The molecule has 0 unspecified atom stereocenters. The summed E-state index contributed by atoms with van der Waals surface area (Å²) in [6.45, 7) is 0.215. The topological polar surface area (TPSA) is 86.9 Å². The summed E-state index contributed by atoms with van der Waals surface area (Å²) in [5.74, 6) is -1.16. The number of hydrogen-bond donors (Lipinski definition) is 3. The number of aromatic hydroxyl groups is 2. The van der Waals surface area contributed by atoms with Gasteiger partial charge in [-0.2, -0.15) is 18.3 Å². The summed E-state index contributed by atoms with van der Waals surface area (Å²) in [6, 6.07) is 15.9. The Morgan fingerprint density at radius 3 is 2.45 bits per heavy atom. The van der Waals surface area contributed by atoms with Crippen LogP contribution in [0, 0.1) is 0 Å². The summed E-state index contributed by atoms with van der Waals surface area (Å²) >= 11 is 0. The molecule has 0 fully saturated rings. The van der Waals surface area contributed by atoms with Gasteiger partial charge in [-0.3, -0.25) is 4.79 Å². The first-order valence-electron chi connectivity index (χ1n) is 9.81. The number of phenolic OH excluding ortho intramolecular Hbond substituents is 2. The van der Waals surface area contributed by atoms with E-state index in [0.717, 1.165) is 29.1 Å². The number of hydrogen-bond acceptors (Lipinski definition) is 4. The van der Waals surface area contributed by atoms with Crippen molar-refractivity contribution in [2.24, 2.45) is 5.10 Å². The van der Waals surface area contributed by atoms with Gasteiger partial charge in [0, 0.05) is 40.8 Å². The maximum absolute atomic E-state index is 13.0. The zero-order valence-electron chi connectivity index (χ0n) is 17.0. The number of alkyl halides is 3. The van der Waals surface area contributed by atoms with Gasteiger partial charge in [0.2, 0.25) is 0 Å². The van der Waals surface area contributed by atoms with Gasteiger partial charge in [0.25, 0.3) is 5.91 Å². The second-order valence-electron chi connectivity index (χ2n) is 7.36. The van der Waals surface area contributed by atoms with Crippen molar-refractivity contribution in [1.29, 1.82) is 0 Å². The van der Waals surface area contributed by atoms with Crippen LogP contribution in [0.25, 0.3) is 10.9 Å². The smallest absolute Gasteiger partial charge is 0.416 e. The molecule has 0 saturated heterocycles. The molecular weight excluding hydrogens is 435 g/mol. The number of benzene rings is 3. The Balaban J connectivity index is 1.58. The lowest BCUT2D eigenvalue weighted by Crippen LogP contribution is -2.17. The molecule has 0 aliphatic rings. The van der Waals surface area contributed by atoms with E-state index in [1.165, 1.54) is 24.4 Å². The Labute approximate surface area is 186 Å². The van der Waals surface area contributed by atoms with Crippen molar-refractivity contribution in [3.63, 3.8) is 0 Å². The molecule has 1 amide bonds. The van der Waals surface area contributed by atoms with Crippen LogP contribution in [0.2, 0.25) is 0 Å². The fraction of sp³-hybridized carbons (Fsp3) is 0.0833. The van der Waals surface area contributed by atoms with Gasteiger partial charge in [-0.15, -0.1) is 0 Å². The van der Waals surface area contributed by atoms with E-state index in [1.807, 2.05) is 24.3 Å². The molecule has 0 aliphatic heterocycles. The molecule has 0 saturated carbocycles. The molecule has 1 heterocycles. The predicted molar refractivity (Wildman–Crippen MR) is 117 cm³/mol. The van der Waals surface area contributed by atoms with E-state index in [4.69, 9.17) is 0 Å². The molecule has 3 N–H and O–H groups in total. The van der Waals surface area contributed by atoms with Gasteiger partial charge in [0.15, 0.2) is 0 Å². The highest BCUT2D eigenvalue weighted by atomic mass is 19.4. The lowest BCUT2D eigenvalue weighted by atomic mass is 10.1. The minimum Gasteiger partial charge on any atom is -0.508 e. The van der Waals surface area contributed by atoms with E-state index in [1.54, 1.807) is 16.8 Å². The molecule has 4 aromatic rings. The molecule has 0 spiro atoms. The third-order valence-electron chi connectivity index (χ3n) is 4.96. The molecular formula is C24H18F3N3O3. The van der Waals surface area contributed by atoms with Gasteiger partial charge in [-0.1, -0.05) is 30.3 Å². The number of amides is 1. The van der Waals surface area contributed by atoms with Gasteiger partial charge in [0.05, 0.1) is 11.8 Å². The van der Waals surface area contributed by atoms with Gasteiger partial charge in [-0.25, -0.2) is 5.43 Å². The van der Waals surface area contributed by atoms with Gasteiger partial charge in [-0.05, 0) is 35.9 Å². The predicted octanol–water partition coefficient (Wildman–Crippen LogP) is 4.88. The molecule has 4 rings (SSSR count). The number of aromatic nitrogens is 1. The highest BCUT2D eigenvalue weighted by molar-refractivity contribution is 6.00. The maximum Gasteiger partial charge on any atom is 0.416 e. The van der Waals surface area contributed by atoms with E-state index in [0.29, 0.717) is 11.1 Å². The molecule has 0 aliphatic carbocycles. The van der Waals surface area contributed by atoms with Crippen LogP contribution in [-0.2, 0) is 12.7 Å². The van der Waals surface area contributed by atoms with Crippen molar-refractivity contribution in [3.8, 4) is 11.5 Å². The van der Waals surface area contributed by atoms with Crippen molar-refractivity contribution in [1.82, 2.24) is 9.99 Å². The lowest BCUT2D eigenvalue weighted by Gasteiger charge is -2.10. The Bertz CT molecular complexity index is 1340. The van der Waals surface area contributed by atoms with E-state index < -0.39 is 17.6 Å². The minimum absolute atomic E-state index is 0.0247. The Morgan fingerprint density at radius 2 is 1.73 bits per heavy atom. The van der Waals surface area contributed by atoms with Crippen LogP contribution < -0.4 is 5.43 Å². The number of phenols is 2. The van der Waals surface area contributed by atoms with E-state index in [-0.39, 0.29) is 23.6 Å². The molecule has 3 aromatic carbocycles. The molecule has 33 heavy (non-hydrogen) atoms. The fourth-order valence-corrected chi connectivity index (χ4v) is 3.50. The number of halogens is 3. The molecule has 0 radical (unpaired) electrons. The zero-order chi connectivity index (χ0) is 23.6. The van der Waals surface area contributed by atoms with Crippen LogP contribution >= 0.6 is 0 Å². The van der Waals surface area contributed by atoms with Crippen LogP contribution in [0.3, 0.4) is 0 Å². The maximum atomic E-state index is 13.0. The fourth-order valence-electron chi connectivity index (χ4n) is 3.50. The first kappa shape index (κ1) is 21.9. The number of rotatable bonds is 5. The van der Waals surface area contributed by atoms with E-state index >= 15 is 0 Å². The number of hydrazone groups is 1. The first-order valence-corrected chi connectivity index (χ1v) is 9.81. The third kappa shape index (κ3) is 4.98. The molecule has 1 aromatic heterocycles. The normalized spacial score (nSPS) is 11.8. The van der Waals surface area contributed by atoms with Gasteiger partial charge in [0.1, 0.15) is 11.5 Å². The summed E-state index contributed by atoms with van der Waals surface area (Å²) in [7, 11) is 0. The van der Waals surface area contributed by atoms with E-state index in [2.05, 4.69) is 10.5 Å². The second-order valence-corrected chi connectivity index (χ2v) is 7.36. The third-order valence-corrected chi connectivity index (χ3v) is 4.96. The molecule has 9 heteroatoms. The molecule has 6 nitrogen and oxygen atoms in total. The van der Waals surface area contributed by atoms with Crippen LogP contribution in [0.15, 0.2) is 78.0 Å². The number of nitrogens with one attached hydrogen (secondary N) is 1. The van der Waals surface area contributed by atoms with Crippen LogP contribution in [-0.4, -0.2) is 26.9 Å². The number of fused-ring (bicyclic) bond motifs is 1. The number of para-hydroxylation sites is 1. The minimum atomic E-state index is -4.42. The summed E-state index contributed by atoms with van der Waals surface area (Å²) < 4.78 is 41.0. The van der Waals surface area contributed by atoms with Crippen molar-refractivity contribution in [2.75, 3.05) is 0 Å². The number of carbonyl (C=O) groups is 1. The SMILES string of the molecule is O=C(N/N=C/c1cn(Cc2cccc(C(F)(F)F)c2)c2ccccc12)c1cc(O)cc(O)c1. The molecule has 0 atom stereocenters. The van der Waals surface area contributed by atoms with E-state index in [9.17, 15) is 28.2 Å². The Kier molecular flexibility index (Phi) is 5.78. The van der Waals surface area contributed by atoms with Crippen LogP contribution in [0.1, 0.15) is 27.0 Å². The lowest BCUT2D eigenvalue weighted by molar-refractivity contribution is -0.137. The van der Waals surface area contributed by atoms with Crippen LogP contribution in [0.4, 0.5) is 13.2 Å². The largest absolute Gasteiger partial charge is 0.508 e. The van der Waals surface area contributed by atoms with Crippen molar-refractivity contribution in [2.45, 2.75) is 12.7 Å². The zero-order valence-corrected chi connectivity index (χ0v) is 17.0. The molecule has 0 bridgehead atoms. The summed E-state index contributed by atoms with van der Waals surface area (Å²) in [4.78, 5) is 12.2. The van der Waals surface area contributed by atoms with Gasteiger partial charge >= 0.3 is 6.18 Å². The van der Waals surface area contributed by atoms with Crippen molar-refractivity contribution >= 4 is 23.0 Å². The van der Waals surface area contributed by atoms with Crippen molar-refractivity contribution < 1.29 is 28.2 Å². The first-order chi connectivity index (χ1) is 15.7.